The van der Waals surface area contributed by atoms with Crippen LogP contribution in [0.3, 0.4) is 0 Å². The molecule has 1 aromatic heterocycles. The molecule has 0 bridgehead atoms. The highest BCUT2D eigenvalue weighted by molar-refractivity contribution is 7.89. The Labute approximate surface area is 178 Å². The van der Waals surface area contributed by atoms with Crippen molar-refractivity contribution in [2.75, 3.05) is 13.2 Å². The molecule has 0 unspecified atom stereocenters. The average molecular weight is 441 g/mol. The average Bonchev–Trinajstić information content (AvgIpc) is 3.20. The molecular weight excluding hydrogens is 422 g/mol. The van der Waals surface area contributed by atoms with Gasteiger partial charge in [-0.05, 0) is 61.4 Å². The van der Waals surface area contributed by atoms with Crippen LogP contribution in [0.15, 0.2) is 62.4 Å². The lowest BCUT2D eigenvalue weighted by Crippen LogP contribution is -2.43. The number of nitrogens with zero attached hydrogens (tertiary/aromatic N) is 2. The molecule has 0 atom stereocenters. The third-order valence-electron chi connectivity index (χ3n) is 4.75. The maximum absolute atomic E-state index is 12.8. The number of carbonyl (C=O) groups is 2. The molecule has 0 saturated carbocycles. The van der Waals surface area contributed by atoms with E-state index in [0.717, 1.165) is 4.90 Å². The molecular formula is C21H19N3O6S. The molecule has 0 spiro atoms. The van der Waals surface area contributed by atoms with Gasteiger partial charge in [0.25, 0.3) is 11.8 Å². The lowest BCUT2D eigenvalue weighted by atomic mass is 9.94. The van der Waals surface area contributed by atoms with Gasteiger partial charge in [0.15, 0.2) is 0 Å². The Bertz CT molecular complexity index is 1250. The van der Waals surface area contributed by atoms with E-state index in [1.807, 2.05) is 6.07 Å². The van der Waals surface area contributed by atoms with Crippen LogP contribution in [0.25, 0.3) is 17.4 Å². The summed E-state index contributed by atoms with van der Waals surface area (Å²) in [6.45, 7) is 1.30. The first-order chi connectivity index (χ1) is 14.7. The lowest BCUT2D eigenvalue weighted by Gasteiger charge is -2.27. The summed E-state index contributed by atoms with van der Waals surface area (Å²) in [4.78, 5) is 26.1. The summed E-state index contributed by atoms with van der Waals surface area (Å²) in [7, 11) is -3.81. The molecule has 2 aromatic rings. The van der Waals surface area contributed by atoms with Crippen LogP contribution in [0.2, 0.25) is 0 Å². The molecule has 1 aliphatic heterocycles. The molecule has 1 aromatic carbocycles. The standard InChI is InChI=1S/C21H19N3O6S/c1-13-17(20(26)24(9-2-10-25)21(27)18(13)12-22)11-15-5-8-19(30-15)14-3-6-16(7-4-14)31(23,28)29/h3-8,11,25H,2,9-10H2,1H3,(H2,23,28,29)/b17-11-. The van der Waals surface area contributed by atoms with Gasteiger partial charge in [0, 0.05) is 24.3 Å². The number of aliphatic hydroxyl groups excluding tert-OH is 1. The molecule has 3 N–H and O–H groups in total. The van der Waals surface area contributed by atoms with Gasteiger partial charge in [-0.3, -0.25) is 14.5 Å². The number of hydrogen-bond acceptors (Lipinski definition) is 7. The van der Waals surface area contributed by atoms with E-state index in [2.05, 4.69) is 0 Å². The van der Waals surface area contributed by atoms with Crippen LogP contribution in [0.4, 0.5) is 0 Å². The van der Waals surface area contributed by atoms with Crippen molar-refractivity contribution in [3.05, 3.63) is 58.9 Å². The van der Waals surface area contributed by atoms with Gasteiger partial charge < -0.3 is 9.52 Å². The topological polar surface area (TPSA) is 155 Å². The second-order valence-electron chi connectivity index (χ2n) is 6.78. The van der Waals surface area contributed by atoms with Crippen LogP contribution in [0.5, 0.6) is 0 Å². The zero-order chi connectivity index (χ0) is 22.8. The van der Waals surface area contributed by atoms with E-state index in [-0.39, 0.29) is 41.2 Å². The van der Waals surface area contributed by atoms with Gasteiger partial charge in [-0.2, -0.15) is 5.26 Å². The van der Waals surface area contributed by atoms with Crippen LogP contribution in [-0.4, -0.2) is 43.4 Å². The molecule has 2 amide bonds. The number of nitrogens with two attached hydrogens (primary N) is 1. The van der Waals surface area contributed by atoms with Crippen molar-refractivity contribution in [2.45, 2.75) is 18.2 Å². The number of sulfonamides is 1. The van der Waals surface area contributed by atoms with Crippen molar-refractivity contribution >= 4 is 27.9 Å². The highest BCUT2D eigenvalue weighted by atomic mass is 32.2. The molecule has 2 heterocycles. The molecule has 0 aliphatic carbocycles. The van der Waals surface area contributed by atoms with E-state index >= 15 is 0 Å². The maximum Gasteiger partial charge on any atom is 0.271 e. The summed E-state index contributed by atoms with van der Waals surface area (Å²) >= 11 is 0. The fraction of sp³-hybridized carbons (Fsp3) is 0.190. The number of primary sulfonamides is 1. The summed E-state index contributed by atoms with van der Waals surface area (Å²) in [5.41, 5.74) is 0.832. The molecule has 10 heteroatoms. The minimum atomic E-state index is -3.81. The molecule has 3 rings (SSSR count). The number of benzene rings is 1. The highest BCUT2D eigenvalue weighted by Gasteiger charge is 2.35. The van der Waals surface area contributed by atoms with Gasteiger partial charge in [-0.1, -0.05) is 0 Å². The molecule has 0 saturated heterocycles. The Kier molecular flexibility index (Phi) is 6.21. The van der Waals surface area contributed by atoms with Gasteiger partial charge in [0.1, 0.15) is 23.2 Å². The Hall–Kier alpha value is -3.52. The first kappa shape index (κ1) is 22.2. The summed E-state index contributed by atoms with van der Waals surface area (Å²) in [5.74, 6) is -0.538. The van der Waals surface area contributed by atoms with Crippen LogP contribution < -0.4 is 5.14 Å². The largest absolute Gasteiger partial charge is 0.457 e. The molecule has 1 aliphatic rings. The number of imide groups is 1. The number of amides is 2. The van der Waals surface area contributed by atoms with Crippen LogP contribution >= 0.6 is 0 Å². The van der Waals surface area contributed by atoms with Crippen molar-refractivity contribution < 1.29 is 27.5 Å². The smallest absolute Gasteiger partial charge is 0.271 e. The first-order valence-electron chi connectivity index (χ1n) is 9.20. The van der Waals surface area contributed by atoms with Crippen molar-refractivity contribution in [3.8, 4) is 17.4 Å². The van der Waals surface area contributed by atoms with Crippen LogP contribution in [0.1, 0.15) is 19.1 Å². The number of carbonyl (C=O) groups excluding carboxylic acids is 2. The van der Waals surface area contributed by atoms with Gasteiger partial charge in [-0.15, -0.1) is 0 Å². The number of nitriles is 1. The van der Waals surface area contributed by atoms with Crippen LogP contribution in [-0.2, 0) is 19.6 Å². The van der Waals surface area contributed by atoms with E-state index in [4.69, 9.17) is 14.7 Å². The second-order valence-corrected chi connectivity index (χ2v) is 8.34. The minimum absolute atomic E-state index is 0.0101. The van der Waals surface area contributed by atoms with Crippen LogP contribution in [0, 0.1) is 11.3 Å². The predicted octanol–water partition coefficient (Wildman–Crippen LogP) is 1.57. The van der Waals surface area contributed by atoms with E-state index in [1.54, 1.807) is 12.1 Å². The number of hydrogen-bond donors (Lipinski definition) is 2. The SMILES string of the molecule is CC1=C(C#N)C(=O)N(CCCO)C(=O)/C1=C\c1ccc(-c2ccc(S(N)(=O)=O)cc2)o1. The maximum atomic E-state index is 12.8. The zero-order valence-electron chi connectivity index (χ0n) is 16.5. The summed E-state index contributed by atoms with van der Waals surface area (Å²) in [6.07, 6.45) is 1.64. The quantitative estimate of drug-likeness (QED) is 0.509. The molecule has 31 heavy (non-hydrogen) atoms. The number of aliphatic hydroxyl groups is 1. The Morgan fingerprint density at radius 3 is 2.42 bits per heavy atom. The fourth-order valence-corrected chi connectivity index (χ4v) is 3.61. The minimum Gasteiger partial charge on any atom is -0.457 e. The van der Waals surface area contributed by atoms with E-state index in [1.165, 1.54) is 37.3 Å². The zero-order valence-corrected chi connectivity index (χ0v) is 17.3. The monoisotopic (exact) mass is 441 g/mol. The number of furan rings is 1. The van der Waals surface area contributed by atoms with Gasteiger partial charge in [0.05, 0.1) is 4.90 Å². The summed E-state index contributed by atoms with van der Waals surface area (Å²) in [5, 5.41) is 23.5. The third-order valence-corrected chi connectivity index (χ3v) is 5.68. The predicted molar refractivity (Wildman–Crippen MR) is 110 cm³/mol. The van der Waals surface area contributed by atoms with Crippen molar-refractivity contribution in [3.63, 3.8) is 0 Å². The molecule has 160 valence electrons. The van der Waals surface area contributed by atoms with Gasteiger partial charge in [-0.25, -0.2) is 13.6 Å². The van der Waals surface area contributed by atoms with Crippen molar-refractivity contribution in [2.24, 2.45) is 5.14 Å². The number of rotatable bonds is 6. The Morgan fingerprint density at radius 2 is 1.84 bits per heavy atom. The highest BCUT2D eigenvalue weighted by Crippen LogP contribution is 2.29. The summed E-state index contributed by atoms with van der Waals surface area (Å²) in [6, 6.07) is 10.9. The molecule has 0 radical (unpaired) electrons. The van der Waals surface area contributed by atoms with Gasteiger partial charge in [0.2, 0.25) is 10.0 Å². The summed E-state index contributed by atoms with van der Waals surface area (Å²) < 4.78 is 28.5. The fourth-order valence-electron chi connectivity index (χ4n) is 3.10. The first-order valence-corrected chi connectivity index (χ1v) is 10.7. The van der Waals surface area contributed by atoms with E-state index in [0.29, 0.717) is 17.1 Å². The van der Waals surface area contributed by atoms with E-state index < -0.39 is 21.8 Å². The molecule has 9 nitrogen and oxygen atoms in total. The van der Waals surface area contributed by atoms with Crippen molar-refractivity contribution in [1.82, 2.24) is 4.90 Å². The molecule has 0 fully saturated rings. The van der Waals surface area contributed by atoms with Crippen molar-refractivity contribution in [1.29, 1.82) is 5.26 Å². The Balaban J connectivity index is 1.96. The van der Waals surface area contributed by atoms with Gasteiger partial charge >= 0.3 is 0 Å². The normalized spacial score (nSPS) is 16.2. The van der Waals surface area contributed by atoms with E-state index in [9.17, 15) is 23.3 Å². The second kappa shape index (κ2) is 8.69. The lowest BCUT2D eigenvalue weighted by molar-refractivity contribution is -0.140. The third kappa shape index (κ3) is 4.49. The Morgan fingerprint density at radius 1 is 1.16 bits per heavy atom.